The molecule has 3 N–H and O–H groups in total. The highest BCUT2D eigenvalue weighted by atomic mass is 19.4. The molecule has 4 rings (SSSR count). The zero-order valence-electron chi connectivity index (χ0n) is 20.3. The summed E-state index contributed by atoms with van der Waals surface area (Å²) in [6.07, 6.45) is -5.90. The van der Waals surface area contributed by atoms with Crippen LogP contribution in [-0.2, 0) is 25.2 Å². The van der Waals surface area contributed by atoms with E-state index in [4.69, 9.17) is 14.6 Å². The molecule has 9 nitrogen and oxygen atoms in total. The van der Waals surface area contributed by atoms with Gasteiger partial charge < -0.3 is 30.1 Å². The summed E-state index contributed by atoms with van der Waals surface area (Å²) < 4.78 is 65.8. The third kappa shape index (κ3) is 6.40. The summed E-state index contributed by atoms with van der Waals surface area (Å²) in [5.74, 6) is -2.42. The largest absolute Gasteiger partial charge is 0.481 e. The molecule has 2 heterocycles. The first-order valence-electron chi connectivity index (χ1n) is 11.8. The maximum atomic E-state index is 14.0. The number of fused-ring (bicyclic) bond motifs is 2. The van der Waals surface area contributed by atoms with E-state index < -0.39 is 42.1 Å². The standard InChI is InChI=1S/C25H26F4N4O5/c1-37-9-8-16-13-33(21(12-30-16)38-23(36)7-6-22(34)35)24-17-10-14(25(27,28)29)2-4-18(17)31-20-11-15(26)3-5-19(20)32-24/h2-5,10-11,16,21,30-31H,6-9,12-13H2,1H3,(H,34,35)/t16-,21?/m0/s1. The molecule has 204 valence electrons. The number of esters is 1. The van der Waals surface area contributed by atoms with Gasteiger partial charge in [0.25, 0.3) is 0 Å². The number of hydrogen-bond acceptors (Lipinski definition) is 8. The van der Waals surface area contributed by atoms with Gasteiger partial charge in [0.05, 0.1) is 36.3 Å². The van der Waals surface area contributed by atoms with Crippen LogP contribution in [0, 0.1) is 5.82 Å². The summed E-state index contributed by atoms with van der Waals surface area (Å²) in [7, 11) is 1.54. The molecule has 0 amide bonds. The number of carbonyl (C=O) groups is 2. The number of ether oxygens (including phenoxy) is 2. The summed E-state index contributed by atoms with van der Waals surface area (Å²) in [5.41, 5.74) is -0.0560. The van der Waals surface area contributed by atoms with Crippen molar-refractivity contribution in [1.82, 2.24) is 10.2 Å². The van der Waals surface area contributed by atoms with Gasteiger partial charge in [-0.15, -0.1) is 0 Å². The van der Waals surface area contributed by atoms with E-state index >= 15 is 0 Å². The van der Waals surface area contributed by atoms with Gasteiger partial charge in [0.1, 0.15) is 11.7 Å². The Morgan fingerprint density at radius 2 is 1.95 bits per heavy atom. The van der Waals surface area contributed by atoms with Crippen molar-refractivity contribution >= 4 is 34.8 Å². The highest BCUT2D eigenvalue weighted by Crippen LogP contribution is 2.39. The molecule has 38 heavy (non-hydrogen) atoms. The zero-order chi connectivity index (χ0) is 27.4. The minimum atomic E-state index is -4.64. The third-order valence-corrected chi connectivity index (χ3v) is 6.14. The second-order valence-electron chi connectivity index (χ2n) is 8.86. The average molecular weight is 538 g/mol. The van der Waals surface area contributed by atoms with Crippen molar-refractivity contribution in [2.45, 2.75) is 37.7 Å². The Balaban J connectivity index is 1.79. The van der Waals surface area contributed by atoms with Crippen LogP contribution in [0.2, 0.25) is 0 Å². The zero-order valence-corrected chi connectivity index (χ0v) is 20.3. The minimum absolute atomic E-state index is 0.0791. The molecule has 1 fully saturated rings. The number of piperazine rings is 1. The maximum absolute atomic E-state index is 14.0. The first kappa shape index (κ1) is 27.3. The predicted octanol–water partition coefficient (Wildman–Crippen LogP) is 4.02. The molecule has 0 radical (unpaired) electrons. The van der Waals surface area contributed by atoms with E-state index in [0.29, 0.717) is 13.0 Å². The van der Waals surface area contributed by atoms with Crippen molar-refractivity contribution in [2.24, 2.45) is 4.99 Å². The number of carbonyl (C=O) groups excluding carboxylic acids is 1. The number of aliphatic imine (C=N–C) groups is 1. The van der Waals surface area contributed by atoms with E-state index in [2.05, 4.69) is 15.6 Å². The highest BCUT2D eigenvalue weighted by molar-refractivity contribution is 6.08. The maximum Gasteiger partial charge on any atom is 0.416 e. The fraction of sp³-hybridized carbons (Fsp3) is 0.400. The molecule has 1 saturated heterocycles. The molecule has 13 heteroatoms. The number of methoxy groups -OCH3 is 1. The van der Waals surface area contributed by atoms with E-state index in [-0.39, 0.29) is 54.0 Å². The quantitative estimate of drug-likeness (QED) is 0.358. The Kier molecular flexibility index (Phi) is 8.17. The summed E-state index contributed by atoms with van der Waals surface area (Å²) in [6, 6.07) is 6.67. The smallest absolute Gasteiger partial charge is 0.416 e. The molecule has 2 atom stereocenters. The number of rotatable bonds is 7. The Morgan fingerprint density at radius 1 is 1.16 bits per heavy atom. The van der Waals surface area contributed by atoms with Crippen LogP contribution in [0.15, 0.2) is 41.4 Å². The molecular formula is C25H26F4N4O5. The fourth-order valence-corrected chi connectivity index (χ4v) is 4.26. The van der Waals surface area contributed by atoms with E-state index in [0.717, 1.165) is 12.1 Å². The number of amidine groups is 1. The SMILES string of the molecule is COCC[C@H]1CN(C2=Nc3ccc(F)cc3Nc3ccc(C(F)(F)F)cc32)C(OC(=O)CCC(=O)O)CN1. The van der Waals surface area contributed by atoms with Crippen LogP contribution in [0.5, 0.6) is 0 Å². The highest BCUT2D eigenvalue weighted by Gasteiger charge is 2.37. The van der Waals surface area contributed by atoms with Crippen LogP contribution in [0.3, 0.4) is 0 Å². The van der Waals surface area contributed by atoms with E-state index in [1.165, 1.54) is 24.3 Å². The number of anilines is 2. The number of nitrogens with zero attached hydrogens (tertiary/aromatic N) is 2. The number of hydrogen-bond donors (Lipinski definition) is 3. The van der Waals surface area contributed by atoms with Gasteiger partial charge in [0.2, 0.25) is 0 Å². The van der Waals surface area contributed by atoms with Gasteiger partial charge in [0.15, 0.2) is 6.23 Å². The van der Waals surface area contributed by atoms with Crippen molar-refractivity contribution < 1.29 is 41.7 Å². The molecule has 1 unspecified atom stereocenters. The van der Waals surface area contributed by atoms with Gasteiger partial charge in [-0.25, -0.2) is 9.38 Å². The van der Waals surface area contributed by atoms with Gasteiger partial charge in [-0.3, -0.25) is 9.59 Å². The molecule has 2 aliphatic rings. The van der Waals surface area contributed by atoms with Crippen molar-refractivity contribution in [3.05, 3.63) is 53.3 Å². The summed E-state index contributed by atoms with van der Waals surface area (Å²) in [6.45, 7) is 0.690. The second kappa shape index (κ2) is 11.4. The molecule has 0 aliphatic carbocycles. The molecule has 2 aliphatic heterocycles. The molecule has 2 aromatic carbocycles. The Labute approximate surface area is 215 Å². The van der Waals surface area contributed by atoms with E-state index in [9.17, 15) is 27.2 Å². The lowest BCUT2D eigenvalue weighted by atomic mass is 10.0. The predicted molar refractivity (Wildman–Crippen MR) is 129 cm³/mol. The molecule has 2 aromatic rings. The Bertz CT molecular complexity index is 1240. The first-order valence-corrected chi connectivity index (χ1v) is 11.8. The van der Waals surface area contributed by atoms with Crippen LogP contribution in [0.4, 0.5) is 34.6 Å². The lowest BCUT2D eigenvalue weighted by Crippen LogP contribution is -2.60. The minimum Gasteiger partial charge on any atom is -0.481 e. The van der Waals surface area contributed by atoms with Gasteiger partial charge in [-0.2, -0.15) is 13.2 Å². The Morgan fingerprint density at radius 3 is 2.66 bits per heavy atom. The van der Waals surface area contributed by atoms with Crippen LogP contribution in [0.25, 0.3) is 0 Å². The Hall–Kier alpha value is -3.71. The average Bonchev–Trinajstić information content (AvgIpc) is 3.02. The van der Waals surface area contributed by atoms with Gasteiger partial charge in [0, 0.05) is 37.6 Å². The molecule has 0 aromatic heterocycles. The van der Waals surface area contributed by atoms with Crippen LogP contribution >= 0.6 is 0 Å². The van der Waals surface area contributed by atoms with Crippen LogP contribution in [0.1, 0.15) is 30.4 Å². The van der Waals surface area contributed by atoms with Crippen LogP contribution in [-0.4, -0.2) is 66.9 Å². The fourth-order valence-electron chi connectivity index (χ4n) is 4.26. The van der Waals surface area contributed by atoms with E-state index in [1.807, 2.05) is 0 Å². The second-order valence-corrected chi connectivity index (χ2v) is 8.86. The van der Waals surface area contributed by atoms with Gasteiger partial charge >= 0.3 is 18.1 Å². The van der Waals surface area contributed by atoms with E-state index in [1.54, 1.807) is 12.0 Å². The molecule has 0 bridgehead atoms. The third-order valence-electron chi connectivity index (χ3n) is 6.14. The number of carboxylic acid groups (broad SMARTS) is 1. The van der Waals surface area contributed by atoms with Crippen molar-refractivity contribution in [1.29, 1.82) is 0 Å². The lowest BCUT2D eigenvalue weighted by Gasteiger charge is -2.41. The lowest BCUT2D eigenvalue weighted by molar-refractivity contribution is -0.159. The number of carboxylic acids is 1. The first-order chi connectivity index (χ1) is 18.0. The van der Waals surface area contributed by atoms with Gasteiger partial charge in [-0.1, -0.05) is 0 Å². The summed E-state index contributed by atoms with van der Waals surface area (Å²) in [4.78, 5) is 29.5. The molecule has 0 saturated carbocycles. The monoisotopic (exact) mass is 538 g/mol. The normalized spacial score (nSPS) is 19.0. The summed E-state index contributed by atoms with van der Waals surface area (Å²) in [5, 5.41) is 15.1. The molecule has 0 spiro atoms. The molecular weight excluding hydrogens is 512 g/mol. The number of halogens is 4. The van der Waals surface area contributed by atoms with Crippen LogP contribution < -0.4 is 10.6 Å². The summed E-state index contributed by atoms with van der Waals surface area (Å²) >= 11 is 0. The number of nitrogens with one attached hydrogen (secondary N) is 2. The topological polar surface area (TPSA) is 112 Å². The number of aliphatic carboxylic acids is 1. The number of benzene rings is 2. The van der Waals surface area contributed by atoms with Gasteiger partial charge in [-0.05, 0) is 42.8 Å². The number of alkyl halides is 3. The van der Waals surface area contributed by atoms with Crippen molar-refractivity contribution in [3.63, 3.8) is 0 Å². The van der Waals surface area contributed by atoms with Crippen molar-refractivity contribution in [2.75, 3.05) is 32.1 Å². The van der Waals surface area contributed by atoms with Crippen molar-refractivity contribution in [3.8, 4) is 0 Å².